The summed E-state index contributed by atoms with van der Waals surface area (Å²) in [7, 11) is 0. The highest BCUT2D eigenvalue weighted by Crippen LogP contribution is 2.35. The Hall–Kier alpha value is -1.53. The van der Waals surface area contributed by atoms with Crippen molar-refractivity contribution < 1.29 is 10.2 Å². The summed E-state index contributed by atoms with van der Waals surface area (Å²) >= 11 is 5.81. The van der Waals surface area contributed by atoms with Crippen molar-refractivity contribution in [2.75, 3.05) is 36.8 Å². The highest BCUT2D eigenvalue weighted by molar-refractivity contribution is 6.33. The minimum atomic E-state index is -0.418. The summed E-state index contributed by atoms with van der Waals surface area (Å²) in [5.74, 6) is 0. The monoisotopic (exact) mass is 257 g/mol. The maximum Gasteiger partial charge on any atom is 0.294 e. The highest BCUT2D eigenvalue weighted by atomic mass is 35.5. The van der Waals surface area contributed by atoms with Gasteiger partial charge in [-0.1, -0.05) is 11.6 Å². The summed E-state index contributed by atoms with van der Waals surface area (Å²) in [6.45, 7) is 3.42. The first kappa shape index (κ1) is 11.9. The molecule has 0 unspecified atom stereocenters. The van der Waals surface area contributed by atoms with E-state index in [1.54, 1.807) is 6.07 Å². The van der Waals surface area contributed by atoms with Crippen LogP contribution in [-0.4, -0.2) is 31.1 Å². The number of hydrogen-bond acceptors (Lipinski definition) is 4. The number of nitrogens with two attached hydrogens (primary N) is 2. The molecule has 1 saturated heterocycles. The van der Waals surface area contributed by atoms with Gasteiger partial charge in [0, 0.05) is 6.07 Å². The molecular formula is C10H14ClN4O2+. The van der Waals surface area contributed by atoms with Crippen LogP contribution in [0.1, 0.15) is 0 Å². The van der Waals surface area contributed by atoms with E-state index in [9.17, 15) is 10.1 Å². The standard InChI is InChI=1S/C10H13ClN4O2/c11-7-5-10(15(16)17)9(6-8(7)12)14-3-1-13-2-4-14/h5-6,13H,1-4,12H2/p+1. The van der Waals surface area contributed by atoms with E-state index in [4.69, 9.17) is 17.3 Å². The molecule has 1 aromatic carbocycles. The molecular weight excluding hydrogens is 244 g/mol. The zero-order valence-electron chi connectivity index (χ0n) is 9.23. The Morgan fingerprint density at radius 1 is 1.41 bits per heavy atom. The number of nitro benzene ring substituents is 1. The third-order valence-corrected chi connectivity index (χ3v) is 3.16. The van der Waals surface area contributed by atoms with E-state index in [1.165, 1.54) is 6.07 Å². The first-order valence-electron chi connectivity index (χ1n) is 5.39. The normalized spacial score (nSPS) is 15.9. The predicted molar refractivity (Wildman–Crippen MR) is 66.4 cm³/mol. The summed E-state index contributed by atoms with van der Waals surface area (Å²) < 4.78 is 0. The Morgan fingerprint density at radius 2 is 2.06 bits per heavy atom. The number of anilines is 2. The molecule has 1 aliphatic heterocycles. The summed E-state index contributed by atoms with van der Waals surface area (Å²) in [5, 5.41) is 13.4. The van der Waals surface area contributed by atoms with Gasteiger partial charge in [0.25, 0.3) is 5.69 Å². The van der Waals surface area contributed by atoms with E-state index in [-0.39, 0.29) is 10.7 Å². The number of benzene rings is 1. The Morgan fingerprint density at radius 3 is 2.65 bits per heavy atom. The number of quaternary nitrogens is 1. The molecule has 92 valence electrons. The van der Waals surface area contributed by atoms with Crippen molar-refractivity contribution in [2.45, 2.75) is 0 Å². The number of hydrogen-bond donors (Lipinski definition) is 2. The number of nitro groups is 1. The van der Waals surface area contributed by atoms with E-state index >= 15 is 0 Å². The second kappa shape index (κ2) is 4.77. The van der Waals surface area contributed by atoms with Crippen molar-refractivity contribution in [3.8, 4) is 0 Å². The maximum atomic E-state index is 11.0. The molecule has 6 nitrogen and oxygen atoms in total. The van der Waals surface area contributed by atoms with Crippen molar-refractivity contribution in [1.82, 2.24) is 0 Å². The molecule has 0 radical (unpaired) electrons. The van der Waals surface area contributed by atoms with E-state index in [2.05, 4.69) is 5.32 Å². The number of piperazine rings is 1. The van der Waals surface area contributed by atoms with Crippen LogP contribution >= 0.6 is 11.6 Å². The smallest absolute Gasteiger partial charge is 0.294 e. The number of nitrogen functional groups attached to an aromatic ring is 1. The minimum absolute atomic E-state index is 0.0195. The molecule has 0 bridgehead atoms. The molecule has 2 rings (SSSR count). The number of halogens is 1. The average Bonchev–Trinajstić information content (AvgIpc) is 2.33. The fraction of sp³-hybridized carbons (Fsp3) is 0.400. The van der Waals surface area contributed by atoms with Crippen molar-refractivity contribution in [2.24, 2.45) is 0 Å². The summed E-state index contributed by atoms with van der Waals surface area (Å²) in [6.07, 6.45) is 0. The molecule has 7 heteroatoms. The summed E-state index contributed by atoms with van der Waals surface area (Å²) in [6, 6.07) is 2.91. The number of rotatable bonds is 2. The molecule has 0 saturated carbocycles. The van der Waals surface area contributed by atoms with Crippen molar-refractivity contribution >= 4 is 28.7 Å². The SMILES string of the molecule is Nc1cc(N2CC[NH2+]CC2)c([N+](=O)[O-])cc1Cl. The third kappa shape index (κ3) is 2.42. The van der Waals surface area contributed by atoms with Gasteiger partial charge in [0.15, 0.2) is 0 Å². The van der Waals surface area contributed by atoms with Crippen LogP contribution < -0.4 is 16.0 Å². The Balaban J connectivity index is 2.42. The van der Waals surface area contributed by atoms with Crippen molar-refractivity contribution in [3.05, 3.63) is 27.3 Å². The lowest BCUT2D eigenvalue weighted by molar-refractivity contribution is -0.655. The van der Waals surface area contributed by atoms with Crippen LogP contribution in [0.3, 0.4) is 0 Å². The lowest BCUT2D eigenvalue weighted by Crippen LogP contribution is -2.89. The largest absolute Gasteiger partial charge is 0.397 e. The van der Waals surface area contributed by atoms with Gasteiger partial charge in [0.1, 0.15) is 5.69 Å². The van der Waals surface area contributed by atoms with Crippen LogP contribution in [0.15, 0.2) is 12.1 Å². The lowest BCUT2D eigenvalue weighted by Gasteiger charge is -2.27. The van der Waals surface area contributed by atoms with Gasteiger partial charge < -0.3 is 16.0 Å². The van der Waals surface area contributed by atoms with E-state index in [0.29, 0.717) is 11.4 Å². The van der Waals surface area contributed by atoms with Gasteiger partial charge in [0.05, 0.1) is 41.8 Å². The maximum absolute atomic E-state index is 11.0. The summed E-state index contributed by atoms with van der Waals surface area (Å²) in [5.41, 5.74) is 6.66. The molecule has 0 atom stereocenters. The zero-order chi connectivity index (χ0) is 12.4. The first-order chi connectivity index (χ1) is 8.09. The van der Waals surface area contributed by atoms with Gasteiger partial charge >= 0.3 is 0 Å². The molecule has 1 aliphatic rings. The van der Waals surface area contributed by atoms with Crippen LogP contribution in [0.5, 0.6) is 0 Å². The molecule has 17 heavy (non-hydrogen) atoms. The minimum Gasteiger partial charge on any atom is -0.397 e. The summed E-state index contributed by atoms with van der Waals surface area (Å²) in [4.78, 5) is 12.6. The molecule has 0 spiro atoms. The molecule has 0 amide bonds. The van der Waals surface area contributed by atoms with E-state index in [0.717, 1.165) is 26.2 Å². The molecule has 0 aromatic heterocycles. The molecule has 0 aliphatic carbocycles. The Labute approximate surface area is 103 Å². The van der Waals surface area contributed by atoms with Crippen LogP contribution in [0.2, 0.25) is 5.02 Å². The van der Waals surface area contributed by atoms with Gasteiger partial charge in [-0.25, -0.2) is 0 Å². The molecule has 4 N–H and O–H groups in total. The van der Waals surface area contributed by atoms with Crippen LogP contribution in [0, 0.1) is 10.1 Å². The quantitative estimate of drug-likeness (QED) is 0.450. The Kier molecular flexibility index (Phi) is 3.35. The van der Waals surface area contributed by atoms with Crippen LogP contribution in [-0.2, 0) is 0 Å². The average molecular weight is 258 g/mol. The third-order valence-electron chi connectivity index (χ3n) is 2.84. The van der Waals surface area contributed by atoms with Crippen molar-refractivity contribution in [1.29, 1.82) is 0 Å². The molecule has 1 aromatic rings. The lowest BCUT2D eigenvalue weighted by atomic mass is 10.2. The zero-order valence-corrected chi connectivity index (χ0v) is 9.98. The van der Waals surface area contributed by atoms with Gasteiger partial charge in [-0.2, -0.15) is 0 Å². The fourth-order valence-electron chi connectivity index (χ4n) is 1.96. The van der Waals surface area contributed by atoms with Gasteiger partial charge in [-0.05, 0) is 6.07 Å². The van der Waals surface area contributed by atoms with Crippen LogP contribution in [0.25, 0.3) is 0 Å². The van der Waals surface area contributed by atoms with Gasteiger partial charge in [-0.15, -0.1) is 0 Å². The molecule has 1 fully saturated rings. The van der Waals surface area contributed by atoms with Gasteiger partial charge in [0.2, 0.25) is 0 Å². The van der Waals surface area contributed by atoms with E-state index in [1.807, 2.05) is 4.90 Å². The predicted octanol–water partition coefficient (Wildman–Crippen LogP) is 0.214. The Bertz CT molecular complexity index is 446. The topological polar surface area (TPSA) is 89.0 Å². The first-order valence-corrected chi connectivity index (χ1v) is 5.77. The number of nitrogens with zero attached hydrogens (tertiary/aromatic N) is 2. The molecule has 1 heterocycles. The second-order valence-electron chi connectivity index (χ2n) is 3.97. The highest BCUT2D eigenvalue weighted by Gasteiger charge is 2.23. The van der Waals surface area contributed by atoms with E-state index < -0.39 is 4.92 Å². The fourth-order valence-corrected chi connectivity index (χ4v) is 2.12. The second-order valence-corrected chi connectivity index (χ2v) is 4.38. The van der Waals surface area contributed by atoms with Gasteiger partial charge in [-0.3, -0.25) is 10.1 Å². The van der Waals surface area contributed by atoms with Crippen molar-refractivity contribution in [3.63, 3.8) is 0 Å². The van der Waals surface area contributed by atoms with Crippen LogP contribution in [0.4, 0.5) is 17.1 Å².